The van der Waals surface area contributed by atoms with Crippen molar-refractivity contribution in [3.8, 4) is 34.5 Å². The molecule has 35 heavy (non-hydrogen) atoms. The molecule has 0 bridgehead atoms. The van der Waals surface area contributed by atoms with Crippen LogP contribution < -0.4 is 24.3 Å². The van der Waals surface area contributed by atoms with E-state index in [0.717, 1.165) is 5.52 Å². The van der Waals surface area contributed by atoms with E-state index in [1.54, 1.807) is 24.3 Å². The van der Waals surface area contributed by atoms with Gasteiger partial charge in [-0.3, -0.25) is 4.79 Å². The van der Waals surface area contributed by atoms with Gasteiger partial charge in [0.2, 0.25) is 11.6 Å². The molecule has 1 N–H and O–H groups in total. The van der Waals surface area contributed by atoms with Crippen LogP contribution in [-0.4, -0.2) is 39.3 Å². The number of benzene rings is 3. The summed E-state index contributed by atoms with van der Waals surface area (Å²) in [5.41, 5.74) is 4.16. The van der Waals surface area contributed by atoms with Crippen LogP contribution in [0.25, 0.3) is 22.6 Å². The molecule has 0 saturated heterocycles. The minimum atomic E-state index is -0.376. The Kier molecular flexibility index (Phi) is 6.82. The zero-order valence-electron chi connectivity index (χ0n) is 20.6. The van der Waals surface area contributed by atoms with Crippen molar-refractivity contribution < 1.29 is 28.2 Å². The van der Waals surface area contributed by atoms with Crippen molar-refractivity contribution in [3.05, 3.63) is 59.7 Å². The molecule has 0 atom stereocenters. The Morgan fingerprint density at radius 2 is 1.54 bits per heavy atom. The van der Waals surface area contributed by atoms with Gasteiger partial charge >= 0.3 is 0 Å². The highest BCUT2D eigenvalue weighted by Crippen LogP contribution is 2.39. The van der Waals surface area contributed by atoms with Crippen LogP contribution in [0.5, 0.6) is 23.0 Å². The first-order valence-electron chi connectivity index (χ1n) is 11.1. The zero-order chi connectivity index (χ0) is 25.1. The van der Waals surface area contributed by atoms with E-state index < -0.39 is 0 Å². The van der Waals surface area contributed by atoms with Crippen molar-refractivity contribution in [3.63, 3.8) is 0 Å². The number of nitrogens with zero attached hydrogens (tertiary/aromatic N) is 1. The lowest BCUT2D eigenvalue weighted by atomic mass is 10.0. The Labute approximate surface area is 203 Å². The molecule has 3 aromatic carbocycles. The third-order valence-corrected chi connectivity index (χ3v) is 5.70. The fourth-order valence-corrected chi connectivity index (χ4v) is 3.77. The van der Waals surface area contributed by atoms with E-state index in [0.29, 0.717) is 57.2 Å². The number of nitrogens with one attached hydrogen (secondary N) is 1. The van der Waals surface area contributed by atoms with Crippen molar-refractivity contribution in [1.29, 1.82) is 0 Å². The quantitative estimate of drug-likeness (QED) is 0.338. The molecule has 8 nitrogen and oxygen atoms in total. The largest absolute Gasteiger partial charge is 0.495 e. The van der Waals surface area contributed by atoms with E-state index in [-0.39, 0.29) is 5.91 Å². The van der Waals surface area contributed by atoms with Gasteiger partial charge in [-0.25, -0.2) is 4.98 Å². The molecule has 0 radical (unpaired) electrons. The first-order chi connectivity index (χ1) is 16.9. The molecular formula is C27H28N2O6. The average molecular weight is 477 g/mol. The van der Waals surface area contributed by atoms with Gasteiger partial charge in [0.1, 0.15) is 11.3 Å². The van der Waals surface area contributed by atoms with Gasteiger partial charge in [-0.15, -0.1) is 0 Å². The van der Waals surface area contributed by atoms with E-state index >= 15 is 0 Å². The molecule has 0 saturated carbocycles. The van der Waals surface area contributed by atoms with Gasteiger partial charge in [0, 0.05) is 11.1 Å². The first kappa shape index (κ1) is 23.9. The molecule has 182 valence electrons. The van der Waals surface area contributed by atoms with Crippen molar-refractivity contribution >= 4 is 22.7 Å². The van der Waals surface area contributed by atoms with Gasteiger partial charge in [0.05, 0.1) is 34.1 Å². The van der Waals surface area contributed by atoms with Gasteiger partial charge in [-0.2, -0.15) is 0 Å². The number of hydrogen-bond acceptors (Lipinski definition) is 7. The maximum atomic E-state index is 13.2. The summed E-state index contributed by atoms with van der Waals surface area (Å²) in [4.78, 5) is 17.8. The van der Waals surface area contributed by atoms with E-state index in [1.807, 2.05) is 24.3 Å². The lowest BCUT2D eigenvalue weighted by Crippen LogP contribution is -2.13. The lowest BCUT2D eigenvalue weighted by molar-refractivity contribution is 0.102. The number of fused-ring (bicyclic) bond motifs is 1. The number of aromatic nitrogens is 1. The third kappa shape index (κ3) is 4.73. The Bertz CT molecular complexity index is 1350. The van der Waals surface area contributed by atoms with Crippen LogP contribution in [0.2, 0.25) is 0 Å². The molecule has 0 fully saturated rings. The summed E-state index contributed by atoms with van der Waals surface area (Å²) in [6.07, 6.45) is 0. The third-order valence-electron chi connectivity index (χ3n) is 5.70. The summed E-state index contributed by atoms with van der Waals surface area (Å²) in [7, 11) is 6.04. The molecule has 4 aromatic rings. The standard InChI is InChI=1S/C27H28N2O6/c1-15(2)16-7-10-22-20(11-16)29-27(35-22)17-8-9-21(31-3)19(12-17)28-26(30)18-13-23(32-4)25(34-6)24(14-18)33-5/h7-15H,1-6H3,(H,28,30). The number of oxazole rings is 1. The van der Waals surface area contributed by atoms with Crippen LogP contribution in [0, 0.1) is 0 Å². The number of amides is 1. The Morgan fingerprint density at radius 1 is 0.857 bits per heavy atom. The Hall–Kier alpha value is -4.20. The lowest BCUT2D eigenvalue weighted by Gasteiger charge is -2.15. The van der Waals surface area contributed by atoms with Crippen molar-refractivity contribution in [2.24, 2.45) is 0 Å². The maximum absolute atomic E-state index is 13.2. The van der Waals surface area contributed by atoms with E-state index in [4.69, 9.17) is 23.4 Å². The van der Waals surface area contributed by atoms with Gasteiger partial charge in [-0.05, 0) is 53.9 Å². The SMILES string of the molecule is COc1ccc(-c2nc3cc(C(C)C)ccc3o2)cc1NC(=O)c1cc(OC)c(OC)c(OC)c1. The van der Waals surface area contributed by atoms with Gasteiger partial charge in [0.15, 0.2) is 17.1 Å². The monoisotopic (exact) mass is 476 g/mol. The van der Waals surface area contributed by atoms with Crippen LogP contribution in [0.1, 0.15) is 35.7 Å². The minimum Gasteiger partial charge on any atom is -0.495 e. The summed E-state index contributed by atoms with van der Waals surface area (Å²) in [6, 6.07) is 14.5. The van der Waals surface area contributed by atoms with Gasteiger partial charge in [-0.1, -0.05) is 19.9 Å². The Morgan fingerprint density at radius 3 is 2.14 bits per heavy atom. The maximum Gasteiger partial charge on any atom is 0.256 e. The Balaban J connectivity index is 1.68. The molecule has 4 rings (SSSR count). The molecule has 8 heteroatoms. The van der Waals surface area contributed by atoms with Gasteiger partial charge in [0.25, 0.3) is 5.91 Å². The normalized spacial score (nSPS) is 10.9. The topological polar surface area (TPSA) is 92.1 Å². The van der Waals surface area contributed by atoms with Gasteiger partial charge < -0.3 is 28.7 Å². The number of methoxy groups -OCH3 is 4. The fraction of sp³-hybridized carbons (Fsp3) is 0.259. The zero-order valence-corrected chi connectivity index (χ0v) is 20.6. The molecule has 1 aromatic heterocycles. The first-order valence-corrected chi connectivity index (χ1v) is 11.1. The summed E-state index contributed by atoms with van der Waals surface area (Å²) in [6.45, 7) is 4.27. The van der Waals surface area contributed by atoms with Crippen LogP contribution in [-0.2, 0) is 0 Å². The number of rotatable bonds is 8. The molecule has 1 amide bonds. The summed E-state index contributed by atoms with van der Waals surface area (Å²) >= 11 is 0. The van der Waals surface area contributed by atoms with Crippen molar-refractivity contribution in [2.45, 2.75) is 19.8 Å². The number of carbonyl (C=O) groups is 1. The van der Waals surface area contributed by atoms with Crippen LogP contribution in [0.15, 0.2) is 52.9 Å². The second kappa shape index (κ2) is 9.97. The highest BCUT2D eigenvalue weighted by Gasteiger charge is 2.19. The second-order valence-corrected chi connectivity index (χ2v) is 8.18. The molecule has 0 aliphatic carbocycles. The number of ether oxygens (including phenoxy) is 4. The minimum absolute atomic E-state index is 0.329. The van der Waals surface area contributed by atoms with E-state index in [2.05, 4.69) is 24.1 Å². The van der Waals surface area contributed by atoms with Crippen LogP contribution in [0.4, 0.5) is 5.69 Å². The smallest absolute Gasteiger partial charge is 0.256 e. The number of carbonyl (C=O) groups excluding carboxylic acids is 1. The summed E-state index contributed by atoms with van der Waals surface area (Å²) in [5, 5.41) is 2.90. The van der Waals surface area contributed by atoms with E-state index in [1.165, 1.54) is 34.0 Å². The average Bonchev–Trinajstić information content (AvgIpc) is 3.31. The molecular weight excluding hydrogens is 448 g/mol. The molecule has 0 unspecified atom stereocenters. The molecule has 0 aliphatic rings. The number of anilines is 1. The molecule has 1 heterocycles. The predicted octanol–water partition coefficient (Wildman–Crippen LogP) is 5.90. The second-order valence-electron chi connectivity index (χ2n) is 8.18. The van der Waals surface area contributed by atoms with E-state index in [9.17, 15) is 4.79 Å². The highest BCUT2D eigenvalue weighted by atomic mass is 16.5. The molecule has 0 aliphatic heterocycles. The molecule has 0 spiro atoms. The van der Waals surface area contributed by atoms with Crippen LogP contribution >= 0.6 is 0 Å². The summed E-state index contributed by atoms with van der Waals surface area (Å²) in [5.74, 6) is 2.12. The van der Waals surface area contributed by atoms with Crippen molar-refractivity contribution in [1.82, 2.24) is 4.98 Å². The van der Waals surface area contributed by atoms with Crippen LogP contribution in [0.3, 0.4) is 0 Å². The fourth-order valence-electron chi connectivity index (χ4n) is 3.77. The highest BCUT2D eigenvalue weighted by molar-refractivity contribution is 6.06. The summed E-state index contributed by atoms with van der Waals surface area (Å²) < 4.78 is 27.5. The van der Waals surface area contributed by atoms with Crippen molar-refractivity contribution in [2.75, 3.05) is 33.8 Å². The number of hydrogen-bond donors (Lipinski definition) is 1. The predicted molar refractivity (Wildman–Crippen MR) is 134 cm³/mol.